The molecule has 0 fully saturated rings. The molecule has 0 amide bonds. The van der Waals surface area contributed by atoms with Gasteiger partial charge in [0.05, 0.1) is 11.6 Å². The molecule has 0 radical (unpaired) electrons. The minimum absolute atomic E-state index is 0. The topological polar surface area (TPSA) is 62.5 Å². The van der Waals surface area contributed by atoms with Gasteiger partial charge in [-0.15, -0.1) is 94.5 Å². The maximum absolute atomic E-state index is 9.61. The predicted molar refractivity (Wildman–Crippen MR) is 246 cm³/mol. The van der Waals surface area contributed by atoms with Gasteiger partial charge >= 0.3 is 20.1 Å². The van der Waals surface area contributed by atoms with E-state index in [1.165, 1.54) is 28.5 Å². The molecule has 0 saturated carbocycles. The van der Waals surface area contributed by atoms with Crippen LogP contribution in [0.1, 0.15) is 37.5 Å². The van der Waals surface area contributed by atoms with Gasteiger partial charge in [0.25, 0.3) is 0 Å². The van der Waals surface area contributed by atoms with E-state index in [2.05, 4.69) is 124 Å². The second kappa shape index (κ2) is 19.5. The molecule has 0 N–H and O–H groups in total. The number of hydrogen-bond donors (Lipinski definition) is 0. The number of nitrogens with zero attached hydrogens (tertiary/aromatic N) is 4. The van der Waals surface area contributed by atoms with Gasteiger partial charge in [-0.1, -0.05) is 121 Å². The van der Waals surface area contributed by atoms with Crippen molar-refractivity contribution in [3.63, 3.8) is 0 Å². The van der Waals surface area contributed by atoms with Gasteiger partial charge < -0.3 is 15.0 Å². The Kier molecular flexibility index (Phi) is 11.9. The fourth-order valence-corrected chi connectivity index (χ4v) is 7.72. The summed E-state index contributed by atoms with van der Waals surface area (Å²) in [5.41, 5.74) is 16.9. The molecule has 62 heavy (non-hydrogen) atoms. The first-order valence-corrected chi connectivity index (χ1v) is 20.4. The summed E-state index contributed by atoms with van der Waals surface area (Å²) in [6.07, 6.45) is 8.42. The van der Waals surface area contributed by atoms with Crippen LogP contribution >= 0.6 is 0 Å². The normalized spacial score (nSPS) is 11.7. The molecule has 0 aliphatic rings. The van der Waals surface area contributed by atoms with Crippen molar-refractivity contribution in [1.29, 1.82) is 5.26 Å². The average molecular weight is 977 g/mol. The first-order chi connectivity index (χ1) is 31.3. The Labute approximate surface area is 382 Å². The van der Waals surface area contributed by atoms with Crippen LogP contribution < -0.4 is 0 Å². The Hall–Kier alpha value is -7.09. The van der Waals surface area contributed by atoms with Crippen molar-refractivity contribution in [3.05, 3.63) is 234 Å². The third-order valence-corrected chi connectivity index (χ3v) is 10.9. The maximum atomic E-state index is 9.61. The summed E-state index contributed by atoms with van der Waals surface area (Å²) in [6.45, 7) is -2.25. The second-order valence-corrected chi connectivity index (χ2v) is 15.0. The van der Waals surface area contributed by atoms with Gasteiger partial charge in [0.15, 0.2) is 0 Å². The van der Waals surface area contributed by atoms with Crippen molar-refractivity contribution in [2.75, 3.05) is 0 Å². The van der Waals surface area contributed by atoms with Gasteiger partial charge in [0, 0.05) is 22.7 Å². The fraction of sp³-hybridized carbons (Fsp3) is 0.0877. The Morgan fingerprint density at radius 1 is 0.484 bits per heavy atom. The summed E-state index contributed by atoms with van der Waals surface area (Å²) in [5.74, 6) is 0. The SMILES string of the molecule is [2H]C([2H])([2H])c1ccc(-c2[c-]cc(-c3ccccc3-c3cc(CCc4c[c-]c(-c5ccccn5)cc4)cc(CCc4c[c-]c(-c5ccccn5)cc4)c3)c(-c3ccc(C#N)cc3)c2)nc1.[Ir+3]. The molecule has 0 aliphatic carbocycles. The van der Waals surface area contributed by atoms with Crippen molar-refractivity contribution >= 4 is 0 Å². The van der Waals surface area contributed by atoms with Gasteiger partial charge in [0.1, 0.15) is 0 Å². The van der Waals surface area contributed by atoms with E-state index in [1.54, 1.807) is 24.5 Å². The summed E-state index contributed by atoms with van der Waals surface area (Å²) >= 11 is 0. The Morgan fingerprint density at radius 3 is 1.60 bits per heavy atom. The molecule has 3 aromatic heterocycles. The molecule has 3 heterocycles. The molecule has 0 bridgehead atoms. The summed E-state index contributed by atoms with van der Waals surface area (Å²) in [7, 11) is 0. The molecule has 5 heteroatoms. The van der Waals surface area contributed by atoms with Crippen LogP contribution in [0.3, 0.4) is 0 Å². The second-order valence-electron chi connectivity index (χ2n) is 15.0. The molecule has 4 nitrogen and oxygen atoms in total. The number of rotatable bonds is 12. The summed E-state index contributed by atoms with van der Waals surface area (Å²) in [6, 6.07) is 67.6. The molecule has 0 saturated heterocycles. The van der Waals surface area contributed by atoms with Crippen molar-refractivity contribution in [3.8, 4) is 73.2 Å². The third-order valence-electron chi connectivity index (χ3n) is 10.9. The van der Waals surface area contributed by atoms with Crippen LogP contribution in [0.5, 0.6) is 0 Å². The van der Waals surface area contributed by atoms with Crippen molar-refractivity contribution < 1.29 is 24.2 Å². The van der Waals surface area contributed by atoms with Gasteiger partial charge in [-0.3, -0.25) is 0 Å². The first kappa shape index (κ1) is 37.9. The monoisotopic (exact) mass is 977 g/mol. The third kappa shape index (κ3) is 9.75. The zero-order valence-electron chi connectivity index (χ0n) is 36.8. The van der Waals surface area contributed by atoms with E-state index in [1.807, 2.05) is 66.7 Å². The summed E-state index contributed by atoms with van der Waals surface area (Å²) < 4.78 is 23.5. The molecule has 0 aliphatic heterocycles. The van der Waals surface area contributed by atoms with E-state index in [0.717, 1.165) is 87.1 Å². The predicted octanol–water partition coefficient (Wildman–Crippen LogP) is 13.0. The van der Waals surface area contributed by atoms with E-state index in [-0.39, 0.29) is 25.7 Å². The molecule has 9 rings (SSSR count). The first-order valence-electron chi connectivity index (χ1n) is 21.9. The van der Waals surface area contributed by atoms with Crippen LogP contribution in [0.4, 0.5) is 0 Å². The summed E-state index contributed by atoms with van der Waals surface area (Å²) in [5, 5.41) is 9.61. The minimum atomic E-state index is -2.25. The summed E-state index contributed by atoms with van der Waals surface area (Å²) in [4.78, 5) is 13.5. The van der Waals surface area contributed by atoms with Gasteiger partial charge in [-0.25, -0.2) is 0 Å². The minimum Gasteiger partial charge on any atom is -0.305 e. The Morgan fingerprint density at radius 2 is 1.06 bits per heavy atom. The van der Waals surface area contributed by atoms with Crippen LogP contribution in [-0.2, 0) is 45.8 Å². The van der Waals surface area contributed by atoms with E-state index < -0.39 is 6.85 Å². The maximum Gasteiger partial charge on any atom is 3.00 e. The van der Waals surface area contributed by atoms with Crippen LogP contribution in [-0.4, -0.2) is 15.0 Å². The molecule has 298 valence electrons. The van der Waals surface area contributed by atoms with Crippen LogP contribution in [0.15, 0.2) is 182 Å². The number of aromatic nitrogens is 3. The van der Waals surface area contributed by atoms with Crippen LogP contribution in [0.25, 0.3) is 67.2 Å². The largest absolute Gasteiger partial charge is 3.00 e. The molecule has 0 unspecified atom stereocenters. The number of pyridine rings is 3. The van der Waals surface area contributed by atoms with Crippen molar-refractivity contribution in [2.24, 2.45) is 0 Å². The van der Waals surface area contributed by atoms with Crippen LogP contribution in [0, 0.1) is 36.4 Å². The smallest absolute Gasteiger partial charge is 0.305 e. The molecule has 9 aromatic rings. The van der Waals surface area contributed by atoms with E-state index in [0.29, 0.717) is 11.3 Å². The Balaban J connectivity index is 0.00000576. The number of nitriles is 1. The molecular weight excluding hydrogens is 933 g/mol. The number of aryl methyl sites for hydroxylation is 5. The molecule has 0 atom stereocenters. The molecule has 6 aromatic carbocycles. The molecular formula is C57H41IrN4. The van der Waals surface area contributed by atoms with Gasteiger partial charge in [-0.05, 0) is 94.4 Å². The van der Waals surface area contributed by atoms with Gasteiger partial charge in [0.2, 0.25) is 0 Å². The molecule has 0 spiro atoms. The number of hydrogen-bond acceptors (Lipinski definition) is 4. The average Bonchev–Trinajstić information content (AvgIpc) is 3.35. The zero-order chi connectivity index (χ0) is 43.9. The Bertz CT molecular complexity index is 2950. The van der Waals surface area contributed by atoms with E-state index >= 15 is 0 Å². The number of benzene rings is 6. The zero-order valence-corrected chi connectivity index (χ0v) is 36.2. The van der Waals surface area contributed by atoms with Gasteiger partial charge in [-0.2, -0.15) is 5.26 Å². The fourth-order valence-electron chi connectivity index (χ4n) is 7.72. The standard InChI is InChI=1S/C57H41N4.Ir/c1-40-12-31-57(61-39-40)49-29-30-53(54(37-49)46-23-21-43(38-58)22-24-46)52-9-3-2-8-51(52)50-35-44(15-13-41-17-25-47(26-18-41)55-10-4-6-32-59-55)34-45(36-50)16-14-42-19-27-48(28-20-42)56-11-5-7-33-60-56;/h2-12,17-25,27,30-37,39H,13-16H2,1H3;/q-3;+3/i1D3;. The van der Waals surface area contributed by atoms with Crippen LogP contribution in [0.2, 0.25) is 0 Å². The van der Waals surface area contributed by atoms with E-state index in [9.17, 15) is 5.26 Å². The van der Waals surface area contributed by atoms with Crippen molar-refractivity contribution in [2.45, 2.75) is 32.5 Å². The van der Waals surface area contributed by atoms with E-state index in [4.69, 9.17) is 4.11 Å². The van der Waals surface area contributed by atoms with Crippen molar-refractivity contribution in [1.82, 2.24) is 15.0 Å². The quantitative estimate of drug-likeness (QED) is 0.114.